The third kappa shape index (κ3) is 5.93. The monoisotopic (exact) mass is 519 g/mol. The van der Waals surface area contributed by atoms with Gasteiger partial charge in [-0.1, -0.05) is 34.6 Å². The Morgan fingerprint density at radius 2 is 1.86 bits per heavy atom. The maximum Gasteiger partial charge on any atom is 0.315 e. The second-order valence-corrected chi connectivity index (χ2v) is 13.0. The molecule has 202 valence electrons. The van der Waals surface area contributed by atoms with Gasteiger partial charge in [0.1, 0.15) is 33.8 Å². The zero-order valence-corrected chi connectivity index (χ0v) is 22.7. The predicted octanol–water partition coefficient (Wildman–Crippen LogP) is -0.890. The van der Waals surface area contributed by atoms with E-state index in [1.165, 1.54) is 4.90 Å². The number of hydrogen-bond acceptors (Lipinski definition) is 5. The van der Waals surface area contributed by atoms with E-state index in [9.17, 15) is 33.2 Å². The van der Waals surface area contributed by atoms with Gasteiger partial charge in [0.15, 0.2) is 0 Å². The van der Waals surface area contributed by atoms with Crippen molar-refractivity contribution in [2.75, 3.05) is 6.54 Å². The van der Waals surface area contributed by atoms with Crippen LogP contribution in [0.15, 0.2) is 0 Å². The van der Waals surface area contributed by atoms with Crippen molar-refractivity contribution in [1.82, 2.24) is 20.9 Å². The average molecular weight is 519 g/mol. The molecule has 1 saturated carbocycles. The van der Waals surface area contributed by atoms with Crippen molar-refractivity contribution in [3.8, 4) is 6.07 Å². The van der Waals surface area contributed by atoms with E-state index in [-0.39, 0.29) is 41.5 Å². The maximum atomic E-state index is 13.6. The average Bonchev–Trinajstić information content (AvgIpc) is 3.10. The van der Waals surface area contributed by atoms with Gasteiger partial charge in [-0.15, -0.1) is 0 Å². The molecule has 0 bridgehead atoms. The summed E-state index contributed by atoms with van der Waals surface area (Å²) in [7, 11) is 3.86. The summed E-state index contributed by atoms with van der Waals surface area (Å²) in [6.07, 6.45) is -1.79. The van der Waals surface area contributed by atoms with Crippen LogP contribution in [0.5, 0.6) is 0 Å². The van der Waals surface area contributed by atoms with Crippen LogP contribution in [-0.2, 0) is 19.2 Å². The highest BCUT2D eigenvalue weighted by molar-refractivity contribution is 6.41. The second kappa shape index (κ2) is 9.91. The van der Waals surface area contributed by atoms with Crippen LogP contribution < -0.4 is 16.0 Å². The Morgan fingerprint density at radius 1 is 1.24 bits per heavy atom. The Bertz CT molecular complexity index is 1010. The molecule has 0 spiro atoms. The lowest BCUT2D eigenvalue weighted by atomic mass is 9.57. The fraction of sp³-hybridized carbons (Fsp3) is 0.792. The Labute approximate surface area is 218 Å². The molecule has 13 heteroatoms. The molecule has 4 amide bonds. The minimum atomic E-state index is -3.28. The molecule has 0 radical (unpaired) electrons. The van der Waals surface area contributed by atoms with Gasteiger partial charge in [-0.3, -0.25) is 19.2 Å². The first kappa shape index (κ1) is 28.9. The van der Waals surface area contributed by atoms with E-state index in [0.717, 1.165) is 6.42 Å². The largest absolute Gasteiger partial charge is 0.366 e. The van der Waals surface area contributed by atoms with Gasteiger partial charge in [0.05, 0.1) is 6.07 Å². The van der Waals surface area contributed by atoms with E-state index in [1.54, 1.807) is 20.8 Å². The molecule has 0 aromatic carbocycles. The summed E-state index contributed by atoms with van der Waals surface area (Å²) in [5.74, 6) is -3.37. The topological polar surface area (TPSA) is 131 Å². The van der Waals surface area contributed by atoms with Crippen LogP contribution in [-0.4, -0.2) is 80.7 Å². The SMILES string of the molecule is BC1(B)CC[C@@H](C[C@@H](C#N)NC(=O)[C@@H]2[C@@H]3[C@H](CN2C(=O)C(NC(=O)C(F)F)C(C)(C)C)C3(C)C)C(=O)N1. The van der Waals surface area contributed by atoms with Crippen molar-refractivity contribution >= 4 is 39.3 Å². The van der Waals surface area contributed by atoms with Gasteiger partial charge in [-0.2, -0.15) is 14.0 Å². The number of carbonyl (C=O) groups excluding carboxylic acids is 4. The number of likely N-dealkylation sites (tertiary alicyclic amines) is 1. The zero-order chi connectivity index (χ0) is 28.1. The van der Waals surface area contributed by atoms with Gasteiger partial charge >= 0.3 is 6.43 Å². The molecule has 9 nitrogen and oxygen atoms in total. The molecule has 1 aliphatic carbocycles. The number of nitrogens with zero attached hydrogens (tertiary/aromatic N) is 2. The highest BCUT2D eigenvalue weighted by Crippen LogP contribution is 2.65. The van der Waals surface area contributed by atoms with Crippen LogP contribution in [0.2, 0.25) is 0 Å². The number of nitriles is 1. The summed E-state index contributed by atoms with van der Waals surface area (Å²) >= 11 is 0. The summed E-state index contributed by atoms with van der Waals surface area (Å²) in [5.41, 5.74) is -1.10. The highest BCUT2D eigenvalue weighted by atomic mass is 19.3. The molecule has 6 atom stereocenters. The van der Waals surface area contributed by atoms with Crippen molar-refractivity contribution in [2.45, 2.75) is 83.8 Å². The molecule has 1 unspecified atom stereocenters. The number of fused-ring (bicyclic) bond motifs is 1. The third-order valence-corrected chi connectivity index (χ3v) is 8.30. The van der Waals surface area contributed by atoms with Crippen LogP contribution >= 0.6 is 0 Å². The minimum Gasteiger partial charge on any atom is -0.366 e. The lowest BCUT2D eigenvalue weighted by molar-refractivity contribution is -0.147. The summed E-state index contributed by atoms with van der Waals surface area (Å²) in [6, 6.07) is -1.03. The summed E-state index contributed by atoms with van der Waals surface area (Å²) in [6.45, 7) is 9.21. The van der Waals surface area contributed by atoms with Gasteiger partial charge in [0.2, 0.25) is 17.7 Å². The number of rotatable bonds is 7. The van der Waals surface area contributed by atoms with E-state index in [4.69, 9.17) is 0 Å². The predicted molar refractivity (Wildman–Crippen MR) is 136 cm³/mol. The molecule has 0 aromatic heterocycles. The van der Waals surface area contributed by atoms with E-state index in [0.29, 0.717) is 6.42 Å². The number of carbonyl (C=O) groups is 4. The van der Waals surface area contributed by atoms with Crippen LogP contribution in [0.1, 0.15) is 53.9 Å². The van der Waals surface area contributed by atoms with Gasteiger partial charge in [-0.25, -0.2) is 0 Å². The van der Waals surface area contributed by atoms with E-state index in [2.05, 4.69) is 22.0 Å². The molecule has 37 heavy (non-hydrogen) atoms. The number of nitrogens with one attached hydrogen (secondary N) is 3. The lowest BCUT2D eigenvalue weighted by Crippen LogP contribution is -2.60. The number of piperidine rings is 2. The van der Waals surface area contributed by atoms with Crippen molar-refractivity contribution in [2.24, 2.45) is 28.6 Å². The number of alkyl halides is 2. The van der Waals surface area contributed by atoms with Crippen molar-refractivity contribution in [1.29, 1.82) is 5.26 Å². The minimum absolute atomic E-state index is 0.0329. The highest BCUT2D eigenvalue weighted by Gasteiger charge is 2.69. The Balaban J connectivity index is 1.77. The maximum absolute atomic E-state index is 13.6. The van der Waals surface area contributed by atoms with Gasteiger partial charge in [0.25, 0.3) is 5.91 Å². The molecule has 2 aliphatic heterocycles. The molecule has 3 N–H and O–H groups in total. The van der Waals surface area contributed by atoms with Crippen LogP contribution in [0.3, 0.4) is 0 Å². The summed E-state index contributed by atoms with van der Waals surface area (Å²) in [5, 5.41) is 17.2. The van der Waals surface area contributed by atoms with Crippen molar-refractivity contribution in [3.05, 3.63) is 0 Å². The van der Waals surface area contributed by atoms with Crippen LogP contribution in [0.25, 0.3) is 0 Å². The first-order valence-corrected chi connectivity index (χ1v) is 12.8. The third-order valence-electron chi connectivity index (χ3n) is 8.30. The molecule has 0 aromatic rings. The number of amides is 4. The molecule has 2 saturated heterocycles. The molecule has 3 aliphatic rings. The van der Waals surface area contributed by atoms with Gasteiger partial charge in [-0.05, 0) is 47.3 Å². The first-order chi connectivity index (χ1) is 16.9. The van der Waals surface area contributed by atoms with Crippen molar-refractivity contribution in [3.63, 3.8) is 0 Å². The smallest absolute Gasteiger partial charge is 0.315 e. The van der Waals surface area contributed by atoms with Gasteiger partial charge in [0, 0.05) is 12.5 Å². The number of halogens is 2. The quantitative estimate of drug-likeness (QED) is 0.376. The van der Waals surface area contributed by atoms with E-state index in [1.807, 2.05) is 29.5 Å². The lowest BCUT2D eigenvalue weighted by Gasteiger charge is -2.38. The standard InChI is InChI=1S/C24H37B2F2N5O4/c1-22(2,3)16(31-20(36)17(27)28)21(37)33-10-13-14(23(13,4)5)15(33)19(35)30-12(9-29)8-11-6-7-24(25,26)32-18(11)34/h11-17H,6-8,10,25-26H2,1-5H3,(H,30,35)(H,31,36)(H,32,34)/t11-,12-,13-,14-,15-,16?/m0/s1. The first-order valence-electron chi connectivity index (χ1n) is 12.8. The summed E-state index contributed by atoms with van der Waals surface area (Å²) in [4.78, 5) is 52.8. The Kier molecular flexibility index (Phi) is 7.75. The Morgan fingerprint density at radius 3 is 2.38 bits per heavy atom. The molecule has 3 fully saturated rings. The van der Waals surface area contributed by atoms with Crippen LogP contribution in [0, 0.1) is 39.9 Å². The van der Waals surface area contributed by atoms with E-state index < -0.39 is 53.6 Å². The van der Waals surface area contributed by atoms with Crippen LogP contribution in [0.4, 0.5) is 8.78 Å². The summed E-state index contributed by atoms with van der Waals surface area (Å²) < 4.78 is 26.0. The fourth-order valence-electron chi connectivity index (χ4n) is 5.91. The van der Waals surface area contributed by atoms with Gasteiger partial charge < -0.3 is 20.9 Å². The van der Waals surface area contributed by atoms with E-state index >= 15 is 0 Å². The second-order valence-electron chi connectivity index (χ2n) is 13.0. The molecule has 2 heterocycles. The normalized spacial score (nSPS) is 29.4. The van der Waals surface area contributed by atoms with Crippen molar-refractivity contribution < 1.29 is 28.0 Å². The zero-order valence-electron chi connectivity index (χ0n) is 22.7. The molecule has 3 rings (SSSR count). The Hall–Kier alpha value is -2.64. The fourth-order valence-corrected chi connectivity index (χ4v) is 5.91. The molecular weight excluding hydrogens is 482 g/mol. The number of hydrogen-bond donors (Lipinski definition) is 3. The molecular formula is C24H37B2F2N5O4.